The van der Waals surface area contributed by atoms with E-state index >= 15 is 0 Å². The van der Waals surface area contributed by atoms with E-state index in [4.69, 9.17) is 0 Å². The molecule has 5 nitrogen and oxygen atoms in total. The first-order chi connectivity index (χ1) is 10.4. The fourth-order valence-electron chi connectivity index (χ4n) is 3.17. The lowest BCUT2D eigenvalue weighted by atomic mass is 10.1. The van der Waals surface area contributed by atoms with Crippen molar-refractivity contribution in [1.29, 1.82) is 0 Å². The molecule has 1 aliphatic heterocycles. The molecule has 0 atom stereocenters. The van der Waals surface area contributed by atoms with Crippen LogP contribution in [0, 0.1) is 0 Å². The van der Waals surface area contributed by atoms with Crippen LogP contribution in [0.4, 0.5) is 0 Å². The maximum absolute atomic E-state index is 4.16. The Morgan fingerprint density at radius 2 is 2.10 bits per heavy atom. The van der Waals surface area contributed by atoms with Gasteiger partial charge in [0.1, 0.15) is 5.69 Å². The minimum absolute atomic E-state index is 0.892. The molecule has 2 N–H and O–H groups in total. The number of rotatable bonds is 4. The van der Waals surface area contributed by atoms with Crippen molar-refractivity contribution in [3.05, 3.63) is 36.2 Å². The number of benzene rings is 1. The van der Waals surface area contributed by atoms with Crippen molar-refractivity contribution in [2.24, 2.45) is 0 Å². The summed E-state index contributed by atoms with van der Waals surface area (Å²) in [5.74, 6) is 0. The van der Waals surface area contributed by atoms with E-state index in [0.717, 1.165) is 24.2 Å². The van der Waals surface area contributed by atoms with Crippen LogP contribution in [0.15, 0.2) is 30.6 Å². The van der Waals surface area contributed by atoms with Gasteiger partial charge < -0.3 is 9.88 Å². The van der Waals surface area contributed by atoms with Crippen molar-refractivity contribution in [3.8, 4) is 11.3 Å². The van der Waals surface area contributed by atoms with Gasteiger partial charge in [0.15, 0.2) is 0 Å². The zero-order chi connectivity index (χ0) is 14.1. The molecule has 3 heterocycles. The van der Waals surface area contributed by atoms with Gasteiger partial charge in [0, 0.05) is 29.2 Å². The summed E-state index contributed by atoms with van der Waals surface area (Å²) in [6, 6.07) is 6.42. The van der Waals surface area contributed by atoms with Gasteiger partial charge in [-0.3, -0.25) is 0 Å². The van der Waals surface area contributed by atoms with Gasteiger partial charge in [-0.15, -0.1) is 0 Å². The van der Waals surface area contributed by atoms with Gasteiger partial charge >= 0.3 is 0 Å². The molecule has 1 fully saturated rings. The minimum Gasteiger partial charge on any atom is -0.361 e. The van der Waals surface area contributed by atoms with Gasteiger partial charge in [-0.05, 0) is 50.0 Å². The molecule has 0 spiro atoms. The summed E-state index contributed by atoms with van der Waals surface area (Å²) in [4.78, 5) is 5.93. The van der Waals surface area contributed by atoms with Crippen molar-refractivity contribution in [2.45, 2.75) is 19.3 Å². The van der Waals surface area contributed by atoms with Crippen LogP contribution >= 0.6 is 0 Å². The van der Waals surface area contributed by atoms with E-state index in [1.54, 1.807) is 6.20 Å². The molecule has 5 heteroatoms. The van der Waals surface area contributed by atoms with E-state index in [-0.39, 0.29) is 0 Å². The Morgan fingerprint density at radius 3 is 2.90 bits per heavy atom. The first-order valence-corrected chi connectivity index (χ1v) is 7.59. The first-order valence-electron chi connectivity index (χ1n) is 7.59. The zero-order valence-corrected chi connectivity index (χ0v) is 12.0. The molecule has 0 aliphatic carbocycles. The molecule has 3 aromatic rings. The number of nitrogens with zero attached hydrogens (tertiary/aromatic N) is 3. The van der Waals surface area contributed by atoms with Crippen LogP contribution in [0.1, 0.15) is 18.4 Å². The van der Waals surface area contributed by atoms with Gasteiger partial charge in [-0.25, -0.2) is 0 Å². The SMILES string of the molecule is c1cc2[nH]cc(CCN3CCCC3)c2cc1-c1cn[nH]n1. The second kappa shape index (κ2) is 5.33. The summed E-state index contributed by atoms with van der Waals surface area (Å²) >= 11 is 0. The standard InChI is InChI=1S/C16H19N5/c1-2-7-21(6-1)8-5-13-10-17-15-4-3-12(9-14(13)15)16-11-18-20-19-16/h3-4,9-11,17H,1-2,5-8H2,(H,18,19,20). The van der Waals surface area contributed by atoms with Crippen molar-refractivity contribution < 1.29 is 0 Å². The Labute approximate surface area is 123 Å². The number of aromatic nitrogens is 4. The van der Waals surface area contributed by atoms with E-state index in [0.29, 0.717) is 0 Å². The Hall–Kier alpha value is -2.14. The lowest BCUT2D eigenvalue weighted by Crippen LogP contribution is -2.21. The highest BCUT2D eigenvalue weighted by molar-refractivity contribution is 5.87. The summed E-state index contributed by atoms with van der Waals surface area (Å²) < 4.78 is 0. The largest absolute Gasteiger partial charge is 0.361 e. The maximum Gasteiger partial charge on any atom is 0.112 e. The molecule has 0 saturated carbocycles. The van der Waals surface area contributed by atoms with Crippen LogP contribution in [0.3, 0.4) is 0 Å². The molecule has 108 valence electrons. The van der Waals surface area contributed by atoms with Gasteiger partial charge in [0.2, 0.25) is 0 Å². The lowest BCUT2D eigenvalue weighted by Gasteiger charge is -2.13. The highest BCUT2D eigenvalue weighted by Crippen LogP contribution is 2.25. The molecule has 2 aromatic heterocycles. The highest BCUT2D eigenvalue weighted by Gasteiger charge is 2.13. The quantitative estimate of drug-likeness (QED) is 0.772. The summed E-state index contributed by atoms with van der Waals surface area (Å²) in [6.45, 7) is 3.67. The third-order valence-electron chi connectivity index (χ3n) is 4.37. The van der Waals surface area contributed by atoms with Gasteiger partial charge in [-0.1, -0.05) is 6.07 Å². The fraction of sp³-hybridized carbons (Fsp3) is 0.375. The third kappa shape index (κ3) is 2.45. The smallest absolute Gasteiger partial charge is 0.112 e. The zero-order valence-electron chi connectivity index (χ0n) is 12.0. The molecule has 21 heavy (non-hydrogen) atoms. The van der Waals surface area contributed by atoms with Crippen LogP contribution in [-0.2, 0) is 6.42 Å². The number of H-pyrrole nitrogens is 2. The minimum atomic E-state index is 0.892. The normalized spacial score (nSPS) is 16.0. The second-order valence-corrected chi connectivity index (χ2v) is 5.73. The second-order valence-electron chi connectivity index (χ2n) is 5.73. The van der Waals surface area contributed by atoms with Crippen LogP contribution in [0.2, 0.25) is 0 Å². The van der Waals surface area contributed by atoms with Crippen molar-refractivity contribution >= 4 is 10.9 Å². The number of aromatic amines is 2. The van der Waals surface area contributed by atoms with Gasteiger partial charge in [0.25, 0.3) is 0 Å². The van der Waals surface area contributed by atoms with E-state index in [2.05, 4.69) is 49.7 Å². The Kier molecular flexibility index (Phi) is 3.20. The molecule has 0 amide bonds. The summed E-state index contributed by atoms with van der Waals surface area (Å²) in [5, 5.41) is 12.0. The fourth-order valence-corrected chi connectivity index (χ4v) is 3.17. The van der Waals surface area contributed by atoms with Crippen LogP contribution in [-0.4, -0.2) is 44.9 Å². The molecule has 0 radical (unpaired) electrons. The van der Waals surface area contributed by atoms with Crippen molar-refractivity contribution in [3.63, 3.8) is 0 Å². The summed E-state index contributed by atoms with van der Waals surface area (Å²) in [6.07, 6.45) is 7.71. The monoisotopic (exact) mass is 281 g/mol. The Bertz CT molecular complexity index is 722. The first kappa shape index (κ1) is 12.6. The molecular weight excluding hydrogens is 262 g/mol. The topological polar surface area (TPSA) is 60.6 Å². The molecular formula is C16H19N5. The van der Waals surface area contributed by atoms with E-state index in [1.807, 2.05) is 0 Å². The Morgan fingerprint density at radius 1 is 1.19 bits per heavy atom. The molecule has 1 aliphatic rings. The van der Waals surface area contributed by atoms with Crippen LogP contribution in [0.5, 0.6) is 0 Å². The predicted octanol–water partition coefficient (Wildman–Crippen LogP) is 2.59. The number of fused-ring (bicyclic) bond motifs is 1. The number of hydrogen-bond donors (Lipinski definition) is 2. The summed E-state index contributed by atoms with van der Waals surface area (Å²) in [7, 11) is 0. The number of nitrogens with one attached hydrogen (secondary N) is 2. The molecule has 0 unspecified atom stereocenters. The molecule has 1 aromatic carbocycles. The Balaban J connectivity index is 1.61. The van der Waals surface area contributed by atoms with E-state index in [9.17, 15) is 0 Å². The summed E-state index contributed by atoms with van der Waals surface area (Å²) in [5.41, 5.74) is 4.59. The lowest BCUT2D eigenvalue weighted by molar-refractivity contribution is 0.344. The maximum atomic E-state index is 4.16. The van der Waals surface area contributed by atoms with Crippen molar-refractivity contribution in [2.75, 3.05) is 19.6 Å². The number of hydrogen-bond acceptors (Lipinski definition) is 3. The van der Waals surface area contributed by atoms with E-state index < -0.39 is 0 Å². The molecule has 4 rings (SSSR count). The predicted molar refractivity (Wildman–Crippen MR) is 83.1 cm³/mol. The average Bonchev–Trinajstić information content (AvgIpc) is 3.25. The van der Waals surface area contributed by atoms with Crippen LogP contribution in [0.25, 0.3) is 22.2 Å². The van der Waals surface area contributed by atoms with Gasteiger partial charge in [0.05, 0.1) is 6.20 Å². The van der Waals surface area contributed by atoms with Gasteiger partial charge in [-0.2, -0.15) is 15.4 Å². The van der Waals surface area contributed by atoms with E-state index in [1.165, 1.54) is 42.4 Å². The molecule has 0 bridgehead atoms. The van der Waals surface area contributed by atoms with Crippen molar-refractivity contribution in [1.82, 2.24) is 25.3 Å². The van der Waals surface area contributed by atoms with Crippen LogP contribution < -0.4 is 0 Å². The third-order valence-corrected chi connectivity index (χ3v) is 4.37. The highest BCUT2D eigenvalue weighted by atomic mass is 15.3. The molecule has 1 saturated heterocycles. The number of likely N-dealkylation sites (tertiary alicyclic amines) is 1. The average molecular weight is 281 g/mol.